The van der Waals surface area contributed by atoms with Crippen LogP contribution < -0.4 is 15.4 Å². The van der Waals surface area contributed by atoms with Gasteiger partial charge in [0.25, 0.3) is 0 Å². The van der Waals surface area contributed by atoms with Gasteiger partial charge in [-0.05, 0) is 44.4 Å². The predicted octanol–water partition coefficient (Wildman–Crippen LogP) is 2.90. The summed E-state index contributed by atoms with van der Waals surface area (Å²) in [6.07, 6.45) is 0.177. The van der Waals surface area contributed by atoms with Crippen LogP contribution in [0.25, 0.3) is 0 Å². The number of hydrogen-bond acceptors (Lipinski definition) is 3. The monoisotopic (exact) mass is 292 g/mol. The largest absolute Gasteiger partial charge is 0.491 e. The molecule has 4 nitrogen and oxygen atoms in total. The molecule has 0 bridgehead atoms. The lowest BCUT2D eigenvalue weighted by Gasteiger charge is -2.16. The van der Waals surface area contributed by atoms with Gasteiger partial charge < -0.3 is 15.4 Å². The molecule has 0 fully saturated rings. The summed E-state index contributed by atoms with van der Waals surface area (Å²) >= 11 is 0. The van der Waals surface area contributed by atoms with Crippen LogP contribution in [0.3, 0.4) is 0 Å². The molecule has 1 amide bonds. The third-order valence-corrected chi connectivity index (χ3v) is 3.03. The molecule has 4 heteroatoms. The Kier molecular flexibility index (Phi) is 7.23. The van der Waals surface area contributed by atoms with Gasteiger partial charge in [-0.15, -0.1) is 0 Å². The van der Waals surface area contributed by atoms with Gasteiger partial charge >= 0.3 is 0 Å². The molecule has 0 aliphatic heterocycles. The predicted molar refractivity (Wildman–Crippen MR) is 86.5 cm³/mol. The summed E-state index contributed by atoms with van der Waals surface area (Å²) in [5, 5.41) is 6.13. The molecular weight excluding hydrogens is 264 g/mol. The van der Waals surface area contributed by atoms with Gasteiger partial charge in [-0.3, -0.25) is 4.79 Å². The third-order valence-electron chi connectivity index (χ3n) is 3.03. The zero-order valence-corrected chi connectivity index (χ0v) is 13.8. The highest BCUT2D eigenvalue weighted by Gasteiger charge is 2.08. The van der Waals surface area contributed by atoms with Crippen LogP contribution in [0.4, 0.5) is 0 Å². The van der Waals surface area contributed by atoms with E-state index in [-0.39, 0.29) is 18.1 Å². The lowest BCUT2D eigenvalue weighted by molar-refractivity contribution is -0.120. The topological polar surface area (TPSA) is 50.4 Å². The lowest BCUT2D eigenvalue weighted by Crippen LogP contribution is -2.36. The molecule has 0 aliphatic rings. The second kappa shape index (κ2) is 8.67. The van der Waals surface area contributed by atoms with E-state index < -0.39 is 0 Å². The first-order valence-electron chi connectivity index (χ1n) is 7.65. The average Bonchev–Trinajstić information content (AvgIpc) is 2.42. The maximum Gasteiger partial charge on any atom is 0.233 e. The summed E-state index contributed by atoms with van der Waals surface area (Å²) in [5.41, 5.74) is 1.14. The van der Waals surface area contributed by atoms with Crippen LogP contribution in [0.1, 0.15) is 46.2 Å². The van der Waals surface area contributed by atoms with E-state index in [4.69, 9.17) is 4.74 Å². The second-order valence-electron chi connectivity index (χ2n) is 6.04. The Morgan fingerprint density at radius 3 is 2.24 bits per heavy atom. The summed E-state index contributed by atoms with van der Waals surface area (Å²) in [7, 11) is 0. The molecule has 0 aliphatic carbocycles. The molecule has 1 rings (SSSR count). The van der Waals surface area contributed by atoms with Crippen molar-refractivity contribution in [1.82, 2.24) is 10.6 Å². The number of carbonyl (C=O) groups excluding carboxylic acids is 1. The van der Waals surface area contributed by atoms with E-state index >= 15 is 0 Å². The van der Waals surface area contributed by atoms with E-state index in [0.717, 1.165) is 17.9 Å². The van der Waals surface area contributed by atoms with Crippen LogP contribution in [-0.2, 0) is 4.79 Å². The van der Waals surface area contributed by atoms with E-state index in [1.807, 2.05) is 45.0 Å². The van der Waals surface area contributed by atoms with Gasteiger partial charge in [0.15, 0.2) is 0 Å². The molecule has 0 radical (unpaired) electrons. The van der Waals surface area contributed by atoms with Gasteiger partial charge in [0, 0.05) is 12.6 Å². The van der Waals surface area contributed by atoms with E-state index in [0.29, 0.717) is 12.5 Å². The van der Waals surface area contributed by atoms with Crippen LogP contribution in [0, 0.1) is 5.92 Å². The smallest absolute Gasteiger partial charge is 0.233 e. The highest BCUT2D eigenvalue weighted by Crippen LogP contribution is 2.18. The van der Waals surface area contributed by atoms with Crippen molar-refractivity contribution in [2.75, 3.05) is 13.1 Å². The molecular formula is C17H28N2O2. The minimum atomic E-state index is 0.0373. The summed E-state index contributed by atoms with van der Waals surface area (Å²) in [6, 6.07) is 8.12. The summed E-state index contributed by atoms with van der Waals surface area (Å²) in [4.78, 5) is 11.7. The quantitative estimate of drug-likeness (QED) is 0.774. The Morgan fingerprint density at radius 1 is 1.10 bits per heavy atom. The Balaban J connectivity index is 2.41. The van der Waals surface area contributed by atoms with Gasteiger partial charge in [-0.2, -0.15) is 0 Å². The van der Waals surface area contributed by atoms with Crippen molar-refractivity contribution >= 4 is 5.91 Å². The van der Waals surface area contributed by atoms with Gasteiger partial charge in [0.1, 0.15) is 5.75 Å². The molecule has 1 unspecified atom stereocenters. The van der Waals surface area contributed by atoms with Crippen LogP contribution >= 0.6 is 0 Å². The number of nitrogens with one attached hydrogen (secondary N) is 2. The van der Waals surface area contributed by atoms with Crippen molar-refractivity contribution in [3.63, 3.8) is 0 Å². The Hall–Kier alpha value is -1.55. The molecule has 0 saturated heterocycles. The first-order chi connectivity index (χ1) is 9.88. The zero-order valence-electron chi connectivity index (χ0n) is 13.8. The molecule has 0 aromatic heterocycles. The highest BCUT2D eigenvalue weighted by atomic mass is 16.5. The molecule has 2 N–H and O–H groups in total. The van der Waals surface area contributed by atoms with Crippen molar-refractivity contribution in [2.45, 2.75) is 46.8 Å². The fourth-order valence-corrected chi connectivity index (χ4v) is 1.85. The van der Waals surface area contributed by atoms with E-state index in [9.17, 15) is 4.79 Å². The Morgan fingerprint density at radius 2 is 1.71 bits per heavy atom. The minimum Gasteiger partial charge on any atom is -0.491 e. The minimum absolute atomic E-state index is 0.0373. The fourth-order valence-electron chi connectivity index (χ4n) is 1.85. The molecule has 1 atom stereocenters. The fraction of sp³-hybridized carbons (Fsp3) is 0.588. The van der Waals surface area contributed by atoms with Crippen molar-refractivity contribution in [3.8, 4) is 5.75 Å². The van der Waals surface area contributed by atoms with E-state index in [2.05, 4.69) is 24.5 Å². The standard InChI is InChI=1S/C17H28N2O2/c1-12(2)10-19-17(20)11-18-14(5)15-6-8-16(9-7-15)21-13(3)4/h6-9,12-14,18H,10-11H2,1-5H3,(H,19,20). The number of hydrogen-bond donors (Lipinski definition) is 2. The van der Waals surface area contributed by atoms with E-state index in [1.165, 1.54) is 0 Å². The first-order valence-corrected chi connectivity index (χ1v) is 7.65. The lowest BCUT2D eigenvalue weighted by atomic mass is 10.1. The Labute approximate surface area is 128 Å². The molecule has 118 valence electrons. The molecule has 1 aromatic carbocycles. The van der Waals surface area contributed by atoms with Crippen molar-refractivity contribution in [2.24, 2.45) is 5.92 Å². The molecule has 0 spiro atoms. The third kappa shape index (κ3) is 7.14. The molecule has 1 aromatic rings. The van der Waals surface area contributed by atoms with Crippen molar-refractivity contribution in [3.05, 3.63) is 29.8 Å². The maximum atomic E-state index is 11.7. The number of ether oxygens (including phenoxy) is 1. The molecule has 21 heavy (non-hydrogen) atoms. The van der Waals surface area contributed by atoms with Gasteiger partial charge in [0.2, 0.25) is 5.91 Å². The summed E-state index contributed by atoms with van der Waals surface area (Å²) < 4.78 is 5.62. The highest BCUT2D eigenvalue weighted by molar-refractivity contribution is 5.78. The molecule has 0 saturated carbocycles. The second-order valence-corrected chi connectivity index (χ2v) is 6.04. The van der Waals surface area contributed by atoms with Gasteiger partial charge in [-0.1, -0.05) is 26.0 Å². The van der Waals surface area contributed by atoms with E-state index in [1.54, 1.807) is 0 Å². The number of carbonyl (C=O) groups is 1. The van der Waals surface area contributed by atoms with Crippen LogP contribution in [0.2, 0.25) is 0 Å². The summed E-state index contributed by atoms with van der Waals surface area (Å²) in [6.45, 7) is 11.3. The van der Waals surface area contributed by atoms with Crippen LogP contribution in [0.15, 0.2) is 24.3 Å². The number of benzene rings is 1. The van der Waals surface area contributed by atoms with Gasteiger partial charge in [-0.25, -0.2) is 0 Å². The summed E-state index contributed by atoms with van der Waals surface area (Å²) in [5.74, 6) is 1.38. The number of rotatable bonds is 8. The van der Waals surface area contributed by atoms with Crippen molar-refractivity contribution < 1.29 is 9.53 Å². The SMILES string of the molecule is CC(C)CNC(=O)CNC(C)c1ccc(OC(C)C)cc1. The normalized spacial score (nSPS) is 12.5. The molecule has 0 heterocycles. The van der Waals surface area contributed by atoms with Crippen molar-refractivity contribution in [1.29, 1.82) is 0 Å². The maximum absolute atomic E-state index is 11.7. The average molecular weight is 292 g/mol. The van der Waals surface area contributed by atoms with Crippen LogP contribution in [-0.4, -0.2) is 25.1 Å². The van der Waals surface area contributed by atoms with Gasteiger partial charge in [0.05, 0.1) is 12.6 Å². The Bertz CT molecular complexity index is 427. The van der Waals surface area contributed by atoms with Crippen LogP contribution in [0.5, 0.6) is 5.75 Å². The number of amides is 1. The zero-order chi connectivity index (χ0) is 15.8. The first kappa shape index (κ1) is 17.5.